The highest BCUT2D eigenvalue weighted by molar-refractivity contribution is 6.30. The van der Waals surface area contributed by atoms with Crippen LogP contribution in [0.15, 0.2) is 48.5 Å². The summed E-state index contributed by atoms with van der Waals surface area (Å²) in [5, 5.41) is 3.33. The van der Waals surface area contributed by atoms with Crippen molar-refractivity contribution in [2.75, 3.05) is 50.8 Å². The Labute approximate surface area is 181 Å². The molecule has 0 spiro atoms. The van der Waals surface area contributed by atoms with Crippen molar-refractivity contribution in [3.63, 3.8) is 0 Å². The second-order valence-corrected chi connectivity index (χ2v) is 7.23. The van der Waals surface area contributed by atoms with Crippen molar-refractivity contribution >= 4 is 29.1 Å². The van der Waals surface area contributed by atoms with Crippen molar-refractivity contribution < 1.29 is 19.1 Å². The van der Waals surface area contributed by atoms with Crippen molar-refractivity contribution in [3.05, 3.63) is 53.6 Å². The summed E-state index contributed by atoms with van der Waals surface area (Å²) in [4.78, 5) is 28.5. The van der Waals surface area contributed by atoms with Gasteiger partial charge in [0.05, 0.1) is 13.2 Å². The second-order valence-electron chi connectivity index (χ2n) is 6.79. The number of carbonyl (C=O) groups is 2. The summed E-state index contributed by atoms with van der Waals surface area (Å²) in [6.07, 6.45) is 0. The fraction of sp³-hybridized carbons (Fsp3) is 0.364. The van der Waals surface area contributed by atoms with Gasteiger partial charge in [0.1, 0.15) is 0 Å². The van der Waals surface area contributed by atoms with Gasteiger partial charge in [-0.25, -0.2) is 0 Å². The first-order valence-electron chi connectivity index (χ1n) is 9.96. The largest absolute Gasteiger partial charge is 0.490 e. The van der Waals surface area contributed by atoms with Crippen LogP contribution in [0.25, 0.3) is 0 Å². The minimum Gasteiger partial charge on any atom is -0.490 e. The number of para-hydroxylation sites is 2. The van der Waals surface area contributed by atoms with E-state index in [-0.39, 0.29) is 25.0 Å². The number of hydrogen-bond donors (Lipinski definition) is 1. The van der Waals surface area contributed by atoms with Crippen LogP contribution >= 0.6 is 11.6 Å². The number of hydrogen-bond acceptors (Lipinski definition) is 5. The molecule has 1 aliphatic rings. The SMILES string of the molecule is CCOc1ccccc1OCC(=O)NCC(=O)N1CCN(c2ccc(Cl)cc2)CC1. The minimum absolute atomic E-state index is 0.0454. The van der Waals surface area contributed by atoms with Gasteiger partial charge in [0.25, 0.3) is 5.91 Å². The van der Waals surface area contributed by atoms with Crippen LogP contribution in [0.4, 0.5) is 5.69 Å². The Morgan fingerprint density at radius 2 is 1.60 bits per heavy atom. The highest BCUT2D eigenvalue weighted by Gasteiger charge is 2.21. The number of benzene rings is 2. The van der Waals surface area contributed by atoms with Crippen LogP contribution in [-0.2, 0) is 9.59 Å². The number of nitrogens with one attached hydrogen (secondary N) is 1. The molecule has 1 heterocycles. The van der Waals surface area contributed by atoms with Crippen LogP contribution in [0, 0.1) is 0 Å². The predicted octanol–water partition coefficient (Wildman–Crippen LogP) is 2.58. The number of ether oxygens (including phenoxy) is 2. The fourth-order valence-electron chi connectivity index (χ4n) is 3.19. The highest BCUT2D eigenvalue weighted by Crippen LogP contribution is 2.26. The quantitative estimate of drug-likeness (QED) is 0.695. The third-order valence-corrected chi connectivity index (χ3v) is 5.02. The molecule has 8 heteroatoms. The summed E-state index contributed by atoms with van der Waals surface area (Å²) in [5.74, 6) is 0.629. The maximum absolute atomic E-state index is 12.4. The van der Waals surface area contributed by atoms with E-state index in [1.165, 1.54) is 0 Å². The van der Waals surface area contributed by atoms with Crippen LogP contribution in [0.2, 0.25) is 5.02 Å². The zero-order valence-electron chi connectivity index (χ0n) is 17.0. The Kier molecular flexibility index (Phi) is 7.79. The van der Waals surface area contributed by atoms with Gasteiger partial charge in [-0.3, -0.25) is 9.59 Å². The molecule has 0 unspecified atom stereocenters. The van der Waals surface area contributed by atoms with Gasteiger partial charge in [-0.05, 0) is 43.3 Å². The van der Waals surface area contributed by atoms with Crippen LogP contribution in [0.3, 0.4) is 0 Å². The molecule has 0 aliphatic carbocycles. The lowest BCUT2D eigenvalue weighted by Crippen LogP contribution is -2.51. The monoisotopic (exact) mass is 431 g/mol. The number of halogens is 1. The minimum atomic E-state index is -0.352. The first kappa shape index (κ1) is 21.8. The highest BCUT2D eigenvalue weighted by atomic mass is 35.5. The molecular formula is C22H26ClN3O4. The lowest BCUT2D eigenvalue weighted by atomic mass is 10.2. The van der Waals surface area contributed by atoms with Crippen molar-refractivity contribution in [2.45, 2.75) is 6.92 Å². The molecule has 2 aromatic carbocycles. The summed E-state index contributed by atoms with van der Waals surface area (Å²) in [6.45, 7) is 4.84. The van der Waals surface area contributed by atoms with E-state index in [1.54, 1.807) is 17.0 Å². The fourth-order valence-corrected chi connectivity index (χ4v) is 3.32. The first-order valence-corrected chi connectivity index (χ1v) is 10.3. The molecule has 1 aliphatic heterocycles. The Morgan fingerprint density at radius 3 is 2.23 bits per heavy atom. The first-order chi connectivity index (χ1) is 14.6. The second kappa shape index (κ2) is 10.7. The van der Waals surface area contributed by atoms with Gasteiger partial charge in [-0.15, -0.1) is 0 Å². The van der Waals surface area contributed by atoms with E-state index < -0.39 is 0 Å². The van der Waals surface area contributed by atoms with E-state index in [4.69, 9.17) is 21.1 Å². The summed E-state index contributed by atoms with van der Waals surface area (Å²) >= 11 is 5.93. The van der Waals surface area contributed by atoms with Gasteiger partial charge >= 0.3 is 0 Å². The van der Waals surface area contributed by atoms with Gasteiger partial charge in [0.15, 0.2) is 18.1 Å². The molecule has 160 valence electrons. The van der Waals surface area contributed by atoms with E-state index >= 15 is 0 Å². The summed E-state index contributed by atoms with van der Waals surface area (Å²) in [7, 11) is 0. The number of nitrogens with zero attached hydrogens (tertiary/aromatic N) is 2. The van der Waals surface area contributed by atoms with Gasteiger partial charge < -0.3 is 24.6 Å². The Morgan fingerprint density at radius 1 is 0.967 bits per heavy atom. The molecule has 30 heavy (non-hydrogen) atoms. The molecule has 0 bridgehead atoms. The molecule has 1 fully saturated rings. The molecule has 2 amide bonds. The van der Waals surface area contributed by atoms with Gasteiger partial charge in [-0.2, -0.15) is 0 Å². The molecule has 7 nitrogen and oxygen atoms in total. The molecular weight excluding hydrogens is 406 g/mol. The maximum Gasteiger partial charge on any atom is 0.258 e. The molecule has 3 rings (SSSR count). The lowest BCUT2D eigenvalue weighted by molar-refractivity contribution is -0.133. The van der Waals surface area contributed by atoms with E-state index in [9.17, 15) is 9.59 Å². The van der Waals surface area contributed by atoms with E-state index in [1.807, 2.05) is 43.3 Å². The number of piperazine rings is 1. The zero-order chi connectivity index (χ0) is 21.3. The molecule has 2 aromatic rings. The summed E-state index contributed by atoms with van der Waals surface area (Å²) < 4.78 is 11.0. The smallest absolute Gasteiger partial charge is 0.258 e. The molecule has 0 atom stereocenters. The number of anilines is 1. The number of carbonyl (C=O) groups excluding carboxylic acids is 2. The van der Waals surface area contributed by atoms with Crippen molar-refractivity contribution in [1.82, 2.24) is 10.2 Å². The Hall–Kier alpha value is -2.93. The summed E-state index contributed by atoms with van der Waals surface area (Å²) in [6, 6.07) is 14.8. The van der Waals surface area contributed by atoms with Crippen LogP contribution in [-0.4, -0.2) is 62.7 Å². The third kappa shape index (κ3) is 6.03. The molecule has 1 saturated heterocycles. The Bertz CT molecular complexity index is 852. The van der Waals surface area contributed by atoms with Crippen molar-refractivity contribution in [3.8, 4) is 11.5 Å². The van der Waals surface area contributed by atoms with Crippen molar-refractivity contribution in [1.29, 1.82) is 0 Å². The van der Waals surface area contributed by atoms with Gasteiger partial charge in [0, 0.05) is 36.9 Å². The van der Waals surface area contributed by atoms with E-state index in [0.717, 1.165) is 18.8 Å². The van der Waals surface area contributed by atoms with E-state index in [0.29, 0.717) is 36.2 Å². The summed E-state index contributed by atoms with van der Waals surface area (Å²) in [5.41, 5.74) is 1.09. The maximum atomic E-state index is 12.4. The van der Waals surface area contributed by atoms with Crippen LogP contribution in [0.5, 0.6) is 11.5 Å². The van der Waals surface area contributed by atoms with E-state index in [2.05, 4.69) is 10.2 Å². The number of amides is 2. The van der Waals surface area contributed by atoms with Crippen molar-refractivity contribution in [2.24, 2.45) is 0 Å². The van der Waals surface area contributed by atoms with Crippen LogP contribution in [0.1, 0.15) is 6.92 Å². The number of rotatable bonds is 8. The standard InChI is InChI=1S/C22H26ClN3O4/c1-2-29-19-5-3-4-6-20(19)30-16-21(27)24-15-22(28)26-13-11-25(12-14-26)18-9-7-17(23)8-10-18/h3-10H,2,11-16H2,1H3,(H,24,27). The third-order valence-electron chi connectivity index (χ3n) is 4.77. The van der Waals surface area contributed by atoms with Crippen LogP contribution < -0.4 is 19.7 Å². The average Bonchev–Trinajstić information content (AvgIpc) is 2.78. The van der Waals surface area contributed by atoms with Gasteiger partial charge in [-0.1, -0.05) is 23.7 Å². The van der Waals surface area contributed by atoms with Gasteiger partial charge in [0.2, 0.25) is 5.91 Å². The zero-order valence-corrected chi connectivity index (χ0v) is 17.7. The molecule has 0 aromatic heterocycles. The lowest BCUT2D eigenvalue weighted by Gasteiger charge is -2.36. The average molecular weight is 432 g/mol. The predicted molar refractivity (Wildman–Crippen MR) is 116 cm³/mol. The Balaban J connectivity index is 1.39. The molecule has 1 N–H and O–H groups in total. The molecule has 0 saturated carbocycles. The molecule has 0 radical (unpaired) electrons. The topological polar surface area (TPSA) is 71.1 Å². The normalized spacial score (nSPS) is 13.7.